The molecule has 2 heterocycles. The second kappa shape index (κ2) is 5.06. The Morgan fingerprint density at radius 2 is 2.22 bits per heavy atom. The van der Waals surface area contributed by atoms with Gasteiger partial charge in [-0.25, -0.2) is 0 Å². The maximum atomic E-state index is 12.9. The van der Waals surface area contributed by atoms with Crippen LogP contribution in [0.4, 0.5) is 5.69 Å². The largest absolute Gasteiger partial charge is 0.379 e. The SMILES string of the molecule is O=C(c1c[nH]c2ccc([N+](=O)[O-])cc12)N1CCOCC2(CC2)C1. The summed E-state index contributed by atoms with van der Waals surface area (Å²) in [5.74, 6) is -0.0893. The van der Waals surface area contributed by atoms with Crippen LogP contribution in [-0.4, -0.2) is 47.0 Å². The number of hydrogen-bond acceptors (Lipinski definition) is 4. The Labute approximate surface area is 132 Å². The van der Waals surface area contributed by atoms with Crippen LogP contribution < -0.4 is 0 Å². The average Bonchev–Trinajstić information content (AvgIpc) is 3.24. The zero-order valence-electron chi connectivity index (χ0n) is 12.6. The molecule has 4 rings (SSSR count). The zero-order chi connectivity index (χ0) is 16.0. The Kier molecular flexibility index (Phi) is 3.12. The smallest absolute Gasteiger partial charge is 0.270 e. The summed E-state index contributed by atoms with van der Waals surface area (Å²) >= 11 is 0. The quantitative estimate of drug-likeness (QED) is 0.680. The molecule has 0 atom stereocenters. The number of nitrogens with zero attached hydrogens (tertiary/aromatic N) is 2. The Hall–Kier alpha value is -2.41. The van der Waals surface area contributed by atoms with Gasteiger partial charge in [0.05, 0.1) is 23.7 Å². The number of ether oxygens (including phenoxy) is 1. The molecule has 1 aromatic carbocycles. The number of carbonyl (C=O) groups is 1. The van der Waals surface area contributed by atoms with Gasteiger partial charge in [-0.1, -0.05) is 0 Å². The van der Waals surface area contributed by atoms with Crippen LogP contribution >= 0.6 is 0 Å². The van der Waals surface area contributed by atoms with Crippen molar-refractivity contribution in [2.24, 2.45) is 5.41 Å². The number of hydrogen-bond donors (Lipinski definition) is 1. The fourth-order valence-corrected chi connectivity index (χ4v) is 3.22. The highest BCUT2D eigenvalue weighted by molar-refractivity contribution is 6.07. The predicted octanol–water partition coefficient (Wildman–Crippen LogP) is 2.33. The molecule has 2 aromatic rings. The molecule has 1 amide bonds. The number of nitro groups is 1. The van der Waals surface area contributed by atoms with E-state index in [9.17, 15) is 14.9 Å². The molecule has 1 saturated carbocycles. The first kappa shape index (κ1) is 14.2. The standard InChI is InChI=1S/C16H17N3O4/c20-15(18-5-6-23-10-16(9-18)3-4-16)13-8-17-14-2-1-11(19(21)22)7-12(13)14/h1-2,7-8,17H,3-6,9-10H2. The number of rotatable bonds is 2. The van der Waals surface area contributed by atoms with Crippen LogP contribution in [0.15, 0.2) is 24.4 Å². The molecule has 0 radical (unpaired) electrons. The van der Waals surface area contributed by atoms with Gasteiger partial charge in [-0.05, 0) is 18.9 Å². The Balaban J connectivity index is 1.68. The fourth-order valence-electron chi connectivity index (χ4n) is 3.22. The summed E-state index contributed by atoms with van der Waals surface area (Å²) in [6, 6.07) is 4.53. The molecule has 0 unspecified atom stereocenters. The lowest BCUT2D eigenvalue weighted by atomic mass is 10.1. The highest BCUT2D eigenvalue weighted by Gasteiger charge is 2.46. The van der Waals surface area contributed by atoms with Crippen LogP contribution in [0.2, 0.25) is 0 Å². The van der Waals surface area contributed by atoms with Crippen molar-refractivity contribution in [2.75, 3.05) is 26.3 Å². The molecule has 2 aliphatic rings. The first-order valence-corrected chi connectivity index (χ1v) is 7.71. The molecule has 1 N–H and O–H groups in total. The topological polar surface area (TPSA) is 88.5 Å². The van der Waals surface area contributed by atoms with E-state index >= 15 is 0 Å². The third kappa shape index (κ3) is 2.46. The van der Waals surface area contributed by atoms with E-state index in [1.807, 2.05) is 4.90 Å². The van der Waals surface area contributed by atoms with Gasteiger partial charge in [0.15, 0.2) is 0 Å². The number of aromatic nitrogens is 1. The number of aromatic amines is 1. The van der Waals surface area contributed by atoms with E-state index < -0.39 is 4.92 Å². The summed E-state index contributed by atoms with van der Waals surface area (Å²) in [6.07, 6.45) is 3.83. The summed E-state index contributed by atoms with van der Waals surface area (Å²) in [7, 11) is 0. The van der Waals surface area contributed by atoms with Crippen molar-refractivity contribution in [1.29, 1.82) is 0 Å². The van der Waals surface area contributed by atoms with E-state index in [0.717, 1.165) is 25.0 Å². The van der Waals surface area contributed by atoms with Crippen LogP contribution in [0.25, 0.3) is 10.9 Å². The molecular formula is C16H17N3O4. The normalized spacial score (nSPS) is 19.7. The van der Waals surface area contributed by atoms with Crippen molar-refractivity contribution in [3.8, 4) is 0 Å². The number of H-pyrrole nitrogens is 1. The lowest BCUT2D eigenvalue weighted by Crippen LogP contribution is -2.36. The third-order valence-corrected chi connectivity index (χ3v) is 4.79. The molecule has 1 saturated heterocycles. The lowest BCUT2D eigenvalue weighted by Gasteiger charge is -2.23. The molecule has 1 aliphatic heterocycles. The first-order valence-electron chi connectivity index (χ1n) is 7.71. The van der Waals surface area contributed by atoms with E-state index in [0.29, 0.717) is 30.6 Å². The second-order valence-electron chi connectivity index (χ2n) is 6.47. The van der Waals surface area contributed by atoms with Gasteiger partial charge in [-0.3, -0.25) is 14.9 Å². The van der Waals surface area contributed by atoms with Crippen LogP contribution in [0.5, 0.6) is 0 Å². The Morgan fingerprint density at radius 1 is 1.39 bits per heavy atom. The van der Waals surface area contributed by atoms with Crippen molar-refractivity contribution in [3.05, 3.63) is 40.1 Å². The molecule has 1 aliphatic carbocycles. The summed E-state index contributed by atoms with van der Waals surface area (Å²) in [5, 5.41) is 11.6. The van der Waals surface area contributed by atoms with Gasteiger partial charge in [0.25, 0.3) is 11.6 Å². The minimum absolute atomic E-state index is 0.0102. The number of carbonyl (C=O) groups excluding carboxylic acids is 1. The molecule has 7 heteroatoms. The molecule has 2 fully saturated rings. The van der Waals surface area contributed by atoms with Gasteiger partial charge in [0, 0.05) is 47.7 Å². The summed E-state index contributed by atoms with van der Waals surface area (Å²) in [4.78, 5) is 28.3. The molecule has 120 valence electrons. The third-order valence-electron chi connectivity index (χ3n) is 4.79. The van der Waals surface area contributed by atoms with Gasteiger partial charge in [-0.2, -0.15) is 0 Å². The van der Waals surface area contributed by atoms with E-state index in [1.165, 1.54) is 12.1 Å². The average molecular weight is 315 g/mol. The monoisotopic (exact) mass is 315 g/mol. The number of fused-ring (bicyclic) bond motifs is 1. The summed E-state index contributed by atoms with van der Waals surface area (Å²) in [6.45, 7) is 2.52. The zero-order valence-corrected chi connectivity index (χ0v) is 12.6. The van der Waals surface area contributed by atoms with E-state index in [2.05, 4.69) is 4.98 Å². The number of amides is 1. The van der Waals surface area contributed by atoms with E-state index in [1.54, 1.807) is 12.3 Å². The van der Waals surface area contributed by atoms with Crippen LogP contribution in [-0.2, 0) is 4.74 Å². The van der Waals surface area contributed by atoms with Gasteiger partial charge in [-0.15, -0.1) is 0 Å². The fraction of sp³-hybridized carbons (Fsp3) is 0.438. The lowest BCUT2D eigenvalue weighted by molar-refractivity contribution is -0.384. The predicted molar refractivity (Wildman–Crippen MR) is 83.3 cm³/mol. The summed E-state index contributed by atoms with van der Waals surface area (Å²) in [5.41, 5.74) is 1.33. The number of nitro benzene ring substituents is 1. The van der Waals surface area contributed by atoms with Gasteiger partial charge >= 0.3 is 0 Å². The summed E-state index contributed by atoms with van der Waals surface area (Å²) < 4.78 is 5.62. The molecular weight excluding hydrogens is 298 g/mol. The molecule has 1 aromatic heterocycles. The van der Waals surface area contributed by atoms with Crippen molar-refractivity contribution >= 4 is 22.5 Å². The van der Waals surface area contributed by atoms with Crippen LogP contribution in [0.3, 0.4) is 0 Å². The number of benzene rings is 1. The van der Waals surface area contributed by atoms with Crippen LogP contribution in [0, 0.1) is 15.5 Å². The van der Waals surface area contributed by atoms with E-state index in [4.69, 9.17) is 4.74 Å². The minimum atomic E-state index is -0.445. The highest BCUT2D eigenvalue weighted by Crippen LogP contribution is 2.47. The number of nitrogens with one attached hydrogen (secondary N) is 1. The van der Waals surface area contributed by atoms with Crippen molar-refractivity contribution < 1.29 is 14.5 Å². The van der Waals surface area contributed by atoms with Gasteiger partial charge in [0.1, 0.15) is 0 Å². The minimum Gasteiger partial charge on any atom is -0.379 e. The Bertz CT molecular complexity index is 794. The molecule has 0 bridgehead atoms. The Morgan fingerprint density at radius 3 is 2.96 bits per heavy atom. The maximum absolute atomic E-state index is 12.9. The highest BCUT2D eigenvalue weighted by atomic mass is 16.6. The maximum Gasteiger partial charge on any atom is 0.270 e. The molecule has 7 nitrogen and oxygen atoms in total. The van der Waals surface area contributed by atoms with Gasteiger partial charge in [0.2, 0.25) is 0 Å². The van der Waals surface area contributed by atoms with Crippen LogP contribution in [0.1, 0.15) is 23.2 Å². The second-order valence-corrected chi connectivity index (χ2v) is 6.47. The van der Waals surface area contributed by atoms with E-state index in [-0.39, 0.29) is 17.0 Å². The van der Waals surface area contributed by atoms with Crippen molar-refractivity contribution in [3.63, 3.8) is 0 Å². The first-order chi connectivity index (χ1) is 11.1. The van der Waals surface area contributed by atoms with Crippen molar-refractivity contribution in [1.82, 2.24) is 9.88 Å². The van der Waals surface area contributed by atoms with Crippen molar-refractivity contribution in [2.45, 2.75) is 12.8 Å². The van der Waals surface area contributed by atoms with Gasteiger partial charge < -0.3 is 14.6 Å². The number of non-ortho nitro benzene ring substituents is 1. The molecule has 23 heavy (non-hydrogen) atoms. The molecule has 1 spiro atoms.